The van der Waals surface area contributed by atoms with Crippen molar-refractivity contribution in [3.63, 3.8) is 0 Å². The maximum atomic E-state index is 13.7. The van der Waals surface area contributed by atoms with Gasteiger partial charge in [0.2, 0.25) is 5.78 Å². The van der Waals surface area contributed by atoms with Gasteiger partial charge in [-0.3, -0.25) is 10.1 Å². The number of esters is 1. The number of hydrogen-bond acceptors (Lipinski definition) is 8. The molecule has 0 bridgehead atoms. The summed E-state index contributed by atoms with van der Waals surface area (Å²) in [5.74, 6) is -0.475. The van der Waals surface area contributed by atoms with E-state index in [2.05, 4.69) is 10.3 Å². The molecule has 0 aliphatic rings. The van der Waals surface area contributed by atoms with E-state index in [0.717, 1.165) is 0 Å². The number of methoxy groups -OCH3 is 2. The van der Waals surface area contributed by atoms with Crippen molar-refractivity contribution in [2.45, 2.75) is 45.6 Å². The third kappa shape index (κ3) is 6.71. The van der Waals surface area contributed by atoms with Crippen LogP contribution in [0.5, 0.6) is 5.75 Å². The third-order valence-corrected chi connectivity index (χ3v) is 5.19. The van der Waals surface area contributed by atoms with Crippen LogP contribution in [0, 0.1) is 6.92 Å². The van der Waals surface area contributed by atoms with E-state index in [-0.39, 0.29) is 23.7 Å². The summed E-state index contributed by atoms with van der Waals surface area (Å²) in [7, 11) is 2.77. The van der Waals surface area contributed by atoms with Gasteiger partial charge in [0.05, 0.1) is 25.8 Å². The number of rotatable bonds is 8. The van der Waals surface area contributed by atoms with Crippen molar-refractivity contribution in [2.75, 3.05) is 19.5 Å². The van der Waals surface area contributed by atoms with Crippen molar-refractivity contribution in [3.05, 3.63) is 77.0 Å². The van der Waals surface area contributed by atoms with Crippen LogP contribution in [-0.4, -0.2) is 42.7 Å². The van der Waals surface area contributed by atoms with Crippen LogP contribution in [0.25, 0.3) is 0 Å². The van der Waals surface area contributed by atoms with Gasteiger partial charge in [0, 0.05) is 18.2 Å². The van der Waals surface area contributed by atoms with Crippen LogP contribution in [0.1, 0.15) is 64.7 Å². The van der Waals surface area contributed by atoms with Gasteiger partial charge in [-0.2, -0.15) is 0 Å². The van der Waals surface area contributed by atoms with Gasteiger partial charge < -0.3 is 18.6 Å². The molecule has 3 aromatic rings. The van der Waals surface area contributed by atoms with Gasteiger partial charge >= 0.3 is 12.1 Å². The van der Waals surface area contributed by atoms with E-state index in [1.165, 1.54) is 20.3 Å². The minimum atomic E-state index is -0.813. The fourth-order valence-electron chi connectivity index (χ4n) is 3.59. The Labute approximate surface area is 209 Å². The zero-order chi connectivity index (χ0) is 26.5. The normalized spacial score (nSPS) is 11.9. The van der Waals surface area contributed by atoms with Crippen LogP contribution < -0.4 is 10.1 Å². The summed E-state index contributed by atoms with van der Waals surface area (Å²) >= 11 is 0. The zero-order valence-corrected chi connectivity index (χ0v) is 21.2. The molecule has 2 heterocycles. The average Bonchev–Trinajstić information content (AvgIpc) is 3.27. The van der Waals surface area contributed by atoms with E-state index in [0.29, 0.717) is 28.5 Å². The van der Waals surface area contributed by atoms with Gasteiger partial charge in [0.25, 0.3) is 0 Å². The van der Waals surface area contributed by atoms with Crippen LogP contribution in [0.15, 0.2) is 52.9 Å². The van der Waals surface area contributed by atoms with Crippen LogP contribution in [0.2, 0.25) is 0 Å². The second-order valence-electron chi connectivity index (χ2n) is 9.12. The number of furan rings is 1. The van der Waals surface area contributed by atoms with Gasteiger partial charge in [-0.25, -0.2) is 14.6 Å². The molecular formula is C27H30N2O7. The molecular weight excluding hydrogens is 464 g/mol. The maximum absolute atomic E-state index is 13.7. The molecule has 9 nitrogen and oxygen atoms in total. The fraction of sp³-hybridized carbons (Fsp3) is 0.333. The standard InChI is InChI=1S/C27H30N2O7/c1-16-10-13-23(35-16)24(30)20(14-17-8-7-9-21(28-17)25(31)34-6)19-12-11-18(33-5)15-22(19)29-26(32)36-27(2,3)4/h7-13,15,20H,14H2,1-6H3,(H,29,32). The quantitative estimate of drug-likeness (QED) is 0.330. The van der Waals surface area contributed by atoms with Gasteiger partial charge in [-0.05, 0) is 63.6 Å². The summed E-state index contributed by atoms with van der Waals surface area (Å²) in [6.45, 7) is 7.01. The highest BCUT2D eigenvalue weighted by Crippen LogP contribution is 2.34. The molecule has 3 rings (SSSR count). The summed E-state index contributed by atoms with van der Waals surface area (Å²) in [4.78, 5) is 42.7. The molecule has 1 unspecified atom stereocenters. The molecule has 9 heteroatoms. The SMILES string of the molecule is COC(=O)c1cccc(CC(C(=O)c2ccc(C)o2)c2ccc(OC)cc2NC(=O)OC(C)(C)C)n1. The Morgan fingerprint density at radius 2 is 1.81 bits per heavy atom. The van der Waals surface area contributed by atoms with Crippen LogP contribution in [0.4, 0.5) is 10.5 Å². The predicted octanol–water partition coefficient (Wildman–Crippen LogP) is 5.33. The van der Waals surface area contributed by atoms with Gasteiger partial charge in [-0.1, -0.05) is 12.1 Å². The number of pyridine rings is 1. The Morgan fingerprint density at radius 3 is 2.42 bits per heavy atom. The van der Waals surface area contributed by atoms with E-state index in [4.69, 9.17) is 18.6 Å². The minimum absolute atomic E-state index is 0.122. The number of ketones is 1. The Kier molecular flexibility index (Phi) is 8.14. The van der Waals surface area contributed by atoms with Crippen molar-refractivity contribution in [2.24, 2.45) is 0 Å². The molecule has 36 heavy (non-hydrogen) atoms. The maximum Gasteiger partial charge on any atom is 0.412 e. The van der Waals surface area contributed by atoms with E-state index >= 15 is 0 Å². The summed E-state index contributed by atoms with van der Waals surface area (Å²) in [5, 5.41) is 2.74. The van der Waals surface area contributed by atoms with E-state index in [1.807, 2.05) is 0 Å². The molecule has 1 amide bonds. The third-order valence-electron chi connectivity index (χ3n) is 5.19. The molecule has 0 radical (unpaired) electrons. The molecule has 0 spiro atoms. The smallest absolute Gasteiger partial charge is 0.412 e. The fourth-order valence-corrected chi connectivity index (χ4v) is 3.59. The number of nitrogens with one attached hydrogen (secondary N) is 1. The largest absolute Gasteiger partial charge is 0.497 e. The lowest BCUT2D eigenvalue weighted by molar-refractivity contribution is 0.0591. The number of aromatic nitrogens is 1. The van der Waals surface area contributed by atoms with Crippen molar-refractivity contribution < 1.29 is 33.0 Å². The highest BCUT2D eigenvalue weighted by Gasteiger charge is 2.29. The molecule has 0 fully saturated rings. The first-order valence-corrected chi connectivity index (χ1v) is 11.3. The lowest BCUT2D eigenvalue weighted by atomic mass is 9.87. The molecule has 2 aromatic heterocycles. The number of carbonyl (C=O) groups excluding carboxylic acids is 3. The molecule has 0 saturated carbocycles. The molecule has 1 atom stereocenters. The summed E-state index contributed by atoms with van der Waals surface area (Å²) < 4.78 is 21.1. The molecule has 1 aromatic carbocycles. The van der Waals surface area contributed by atoms with E-state index in [9.17, 15) is 14.4 Å². The Hall–Kier alpha value is -4.14. The first-order chi connectivity index (χ1) is 17.0. The lowest BCUT2D eigenvalue weighted by Gasteiger charge is -2.23. The van der Waals surface area contributed by atoms with Crippen LogP contribution in [0.3, 0.4) is 0 Å². The first-order valence-electron chi connectivity index (χ1n) is 11.3. The average molecular weight is 495 g/mol. The van der Waals surface area contributed by atoms with E-state index in [1.54, 1.807) is 70.2 Å². The number of nitrogens with zero attached hydrogens (tertiary/aromatic N) is 1. The number of benzene rings is 1. The number of aryl methyl sites for hydroxylation is 1. The highest BCUT2D eigenvalue weighted by atomic mass is 16.6. The second kappa shape index (κ2) is 11.1. The lowest BCUT2D eigenvalue weighted by Crippen LogP contribution is -2.28. The number of carbonyl (C=O) groups is 3. The molecule has 0 aliphatic heterocycles. The van der Waals surface area contributed by atoms with Crippen LogP contribution >= 0.6 is 0 Å². The summed E-state index contributed by atoms with van der Waals surface area (Å²) in [5.41, 5.74) is 0.734. The summed E-state index contributed by atoms with van der Waals surface area (Å²) in [6.07, 6.45) is -0.554. The number of anilines is 1. The Balaban J connectivity index is 2.08. The summed E-state index contributed by atoms with van der Waals surface area (Å²) in [6, 6.07) is 13.2. The first kappa shape index (κ1) is 26.5. The van der Waals surface area contributed by atoms with Crippen molar-refractivity contribution in [1.29, 1.82) is 0 Å². The molecule has 0 saturated heterocycles. The molecule has 0 aliphatic carbocycles. The Morgan fingerprint density at radius 1 is 1.06 bits per heavy atom. The second-order valence-corrected chi connectivity index (χ2v) is 9.12. The number of ether oxygens (including phenoxy) is 3. The van der Waals surface area contributed by atoms with Crippen LogP contribution in [-0.2, 0) is 15.9 Å². The van der Waals surface area contributed by atoms with Gasteiger partial charge in [-0.15, -0.1) is 0 Å². The number of Topliss-reactive ketones (excluding diaryl/α,β-unsaturated/α-hetero) is 1. The zero-order valence-electron chi connectivity index (χ0n) is 21.2. The molecule has 190 valence electrons. The number of hydrogen-bond donors (Lipinski definition) is 1. The van der Waals surface area contributed by atoms with Gasteiger partial charge in [0.15, 0.2) is 5.76 Å². The van der Waals surface area contributed by atoms with Gasteiger partial charge in [0.1, 0.15) is 22.8 Å². The van der Waals surface area contributed by atoms with Crippen molar-refractivity contribution in [1.82, 2.24) is 4.98 Å². The number of amides is 1. The Bertz CT molecular complexity index is 1260. The predicted molar refractivity (Wildman–Crippen MR) is 133 cm³/mol. The molecule has 1 N–H and O–H groups in total. The minimum Gasteiger partial charge on any atom is -0.497 e. The topological polar surface area (TPSA) is 117 Å². The van der Waals surface area contributed by atoms with Crippen molar-refractivity contribution >= 4 is 23.5 Å². The highest BCUT2D eigenvalue weighted by molar-refractivity contribution is 6.00. The van der Waals surface area contributed by atoms with E-state index < -0.39 is 23.6 Å². The monoisotopic (exact) mass is 494 g/mol. The van der Waals surface area contributed by atoms with Crippen molar-refractivity contribution in [3.8, 4) is 5.75 Å².